The maximum Gasteiger partial charge on any atom is 0.303 e. The number of likely N-dealkylation sites (tertiary alicyclic amines) is 1. The minimum Gasteiger partial charge on any atom is -0.481 e. The van der Waals surface area contributed by atoms with Crippen molar-refractivity contribution >= 4 is 23.7 Å². The highest BCUT2D eigenvalue weighted by molar-refractivity contribution is 6.06. The molecule has 0 bridgehead atoms. The fourth-order valence-corrected chi connectivity index (χ4v) is 1.36. The van der Waals surface area contributed by atoms with Gasteiger partial charge in [0.2, 0.25) is 11.8 Å². The van der Waals surface area contributed by atoms with Crippen molar-refractivity contribution in [2.45, 2.75) is 25.3 Å². The Bertz CT molecular complexity index is 352. The lowest BCUT2D eigenvalue weighted by atomic mass is 10.2. The molecule has 0 radical (unpaired) electrons. The summed E-state index contributed by atoms with van der Waals surface area (Å²) in [6, 6.07) is -0.848. The van der Waals surface area contributed by atoms with Gasteiger partial charge in [-0.1, -0.05) is 0 Å². The van der Waals surface area contributed by atoms with E-state index in [2.05, 4.69) is 5.32 Å². The molecular formula is C9H12N2O5. The zero-order valence-corrected chi connectivity index (χ0v) is 8.73. The van der Waals surface area contributed by atoms with E-state index in [1.54, 1.807) is 0 Å². The summed E-state index contributed by atoms with van der Waals surface area (Å²) in [7, 11) is 1.34. The largest absolute Gasteiger partial charge is 0.481 e. The van der Waals surface area contributed by atoms with Crippen LogP contribution in [0.1, 0.15) is 19.3 Å². The minimum absolute atomic E-state index is 0.0614. The predicted octanol–water partition coefficient (Wildman–Crippen LogP) is -1.28. The first kappa shape index (κ1) is 12.2. The molecule has 0 aliphatic carbocycles. The quantitative estimate of drug-likeness (QED) is 0.583. The monoisotopic (exact) mass is 228 g/mol. The molecule has 1 rings (SSSR count). The van der Waals surface area contributed by atoms with Crippen LogP contribution in [0.4, 0.5) is 0 Å². The normalized spacial score (nSPS) is 20.1. The Morgan fingerprint density at radius 2 is 2.06 bits per heavy atom. The van der Waals surface area contributed by atoms with Crippen LogP contribution in [0, 0.1) is 0 Å². The van der Waals surface area contributed by atoms with Gasteiger partial charge in [0.05, 0.1) is 12.8 Å². The minimum atomic E-state index is -1.08. The van der Waals surface area contributed by atoms with Crippen LogP contribution in [-0.2, 0) is 19.2 Å². The molecule has 1 aliphatic rings. The molecule has 1 saturated heterocycles. The summed E-state index contributed by atoms with van der Waals surface area (Å²) >= 11 is 0. The lowest BCUT2D eigenvalue weighted by Gasteiger charge is -2.10. The predicted molar refractivity (Wildman–Crippen MR) is 51.2 cm³/mol. The first-order valence-corrected chi connectivity index (χ1v) is 4.73. The van der Waals surface area contributed by atoms with E-state index >= 15 is 0 Å². The first-order valence-electron chi connectivity index (χ1n) is 4.73. The van der Waals surface area contributed by atoms with Gasteiger partial charge in [0.25, 0.3) is 5.91 Å². The number of hydrogen-bond donors (Lipinski definition) is 2. The summed E-state index contributed by atoms with van der Waals surface area (Å²) in [5.74, 6) is -2.44. The second-order valence-corrected chi connectivity index (χ2v) is 3.51. The lowest BCUT2D eigenvalue weighted by Crippen LogP contribution is -2.40. The SMILES string of the molecule is CN1C(=O)CC(NC(=O)CCC(=O)O)C1=O. The molecular weight excluding hydrogens is 216 g/mol. The van der Waals surface area contributed by atoms with E-state index in [0.29, 0.717) is 0 Å². The molecule has 7 nitrogen and oxygen atoms in total. The van der Waals surface area contributed by atoms with Crippen molar-refractivity contribution < 1.29 is 24.3 Å². The number of rotatable bonds is 4. The average molecular weight is 228 g/mol. The molecule has 0 saturated carbocycles. The molecule has 3 amide bonds. The third kappa shape index (κ3) is 2.78. The number of carboxylic acid groups (broad SMARTS) is 1. The molecule has 0 aromatic rings. The van der Waals surface area contributed by atoms with Gasteiger partial charge in [0.1, 0.15) is 6.04 Å². The highest BCUT2D eigenvalue weighted by Crippen LogP contribution is 2.10. The summed E-state index contributed by atoms with van der Waals surface area (Å²) < 4.78 is 0. The zero-order valence-electron chi connectivity index (χ0n) is 8.73. The molecule has 1 atom stereocenters. The third-order valence-electron chi connectivity index (χ3n) is 2.28. The molecule has 88 valence electrons. The van der Waals surface area contributed by atoms with Crippen molar-refractivity contribution in [3.8, 4) is 0 Å². The zero-order chi connectivity index (χ0) is 12.3. The van der Waals surface area contributed by atoms with E-state index in [1.165, 1.54) is 7.05 Å². The Kier molecular flexibility index (Phi) is 3.60. The van der Waals surface area contributed by atoms with E-state index < -0.39 is 23.8 Å². The van der Waals surface area contributed by atoms with Gasteiger partial charge in [-0.15, -0.1) is 0 Å². The van der Waals surface area contributed by atoms with Gasteiger partial charge in [-0.25, -0.2) is 0 Å². The van der Waals surface area contributed by atoms with Crippen LogP contribution >= 0.6 is 0 Å². The first-order chi connectivity index (χ1) is 7.41. The van der Waals surface area contributed by atoms with Gasteiger partial charge in [-0.05, 0) is 0 Å². The van der Waals surface area contributed by atoms with Gasteiger partial charge in [-0.3, -0.25) is 24.1 Å². The van der Waals surface area contributed by atoms with Gasteiger partial charge in [-0.2, -0.15) is 0 Å². The molecule has 2 N–H and O–H groups in total. The second-order valence-electron chi connectivity index (χ2n) is 3.51. The maximum atomic E-state index is 11.4. The highest BCUT2D eigenvalue weighted by Gasteiger charge is 2.36. The van der Waals surface area contributed by atoms with Crippen LogP contribution < -0.4 is 5.32 Å². The Morgan fingerprint density at radius 1 is 1.44 bits per heavy atom. The summed E-state index contributed by atoms with van der Waals surface area (Å²) in [6.07, 6.45) is -0.554. The number of nitrogens with one attached hydrogen (secondary N) is 1. The Morgan fingerprint density at radius 3 is 2.50 bits per heavy atom. The molecule has 1 unspecified atom stereocenters. The number of carbonyl (C=O) groups is 4. The Balaban J connectivity index is 2.44. The summed E-state index contributed by atoms with van der Waals surface area (Å²) in [6.45, 7) is 0. The molecule has 1 fully saturated rings. The van der Waals surface area contributed by atoms with Crippen molar-refractivity contribution in [3.05, 3.63) is 0 Å². The Hall–Kier alpha value is -1.92. The summed E-state index contributed by atoms with van der Waals surface area (Å²) in [5.41, 5.74) is 0. The number of amides is 3. The molecule has 0 spiro atoms. The molecule has 1 heterocycles. The molecule has 0 aromatic heterocycles. The van der Waals surface area contributed by atoms with Gasteiger partial charge in [0.15, 0.2) is 0 Å². The smallest absolute Gasteiger partial charge is 0.303 e. The van der Waals surface area contributed by atoms with Crippen LogP contribution in [0.15, 0.2) is 0 Å². The molecule has 7 heteroatoms. The van der Waals surface area contributed by atoms with Crippen LogP contribution in [0.3, 0.4) is 0 Å². The average Bonchev–Trinajstić information content (AvgIpc) is 2.43. The van der Waals surface area contributed by atoms with Crippen LogP contribution in [0.5, 0.6) is 0 Å². The van der Waals surface area contributed by atoms with Crippen molar-refractivity contribution in [3.63, 3.8) is 0 Å². The van der Waals surface area contributed by atoms with Crippen molar-refractivity contribution in [1.82, 2.24) is 10.2 Å². The van der Waals surface area contributed by atoms with Crippen molar-refractivity contribution in [2.24, 2.45) is 0 Å². The number of imide groups is 1. The number of hydrogen-bond acceptors (Lipinski definition) is 4. The van der Waals surface area contributed by atoms with Crippen molar-refractivity contribution in [1.29, 1.82) is 0 Å². The standard InChI is InChI=1S/C9H12N2O5/c1-11-7(13)4-5(9(11)16)10-6(12)2-3-8(14)15/h5H,2-4H2,1H3,(H,10,12)(H,14,15). The van der Waals surface area contributed by atoms with E-state index in [9.17, 15) is 19.2 Å². The van der Waals surface area contributed by atoms with Gasteiger partial charge < -0.3 is 10.4 Å². The van der Waals surface area contributed by atoms with Crippen LogP contribution in [-0.4, -0.2) is 46.8 Å². The number of nitrogens with zero attached hydrogens (tertiary/aromatic N) is 1. The number of likely N-dealkylation sites (N-methyl/N-ethyl adjacent to an activating group) is 1. The van der Waals surface area contributed by atoms with Gasteiger partial charge in [0, 0.05) is 13.5 Å². The van der Waals surface area contributed by atoms with E-state index in [1.807, 2.05) is 0 Å². The lowest BCUT2D eigenvalue weighted by molar-refractivity contribution is -0.139. The number of carbonyl (C=O) groups excluding carboxylic acids is 3. The summed E-state index contributed by atoms with van der Waals surface area (Å²) in [4.78, 5) is 44.8. The summed E-state index contributed by atoms with van der Waals surface area (Å²) in [5, 5.41) is 10.7. The third-order valence-corrected chi connectivity index (χ3v) is 2.28. The van der Waals surface area contributed by atoms with Gasteiger partial charge >= 0.3 is 5.97 Å². The second kappa shape index (κ2) is 4.73. The van der Waals surface area contributed by atoms with Crippen LogP contribution in [0.25, 0.3) is 0 Å². The fourth-order valence-electron chi connectivity index (χ4n) is 1.36. The molecule has 16 heavy (non-hydrogen) atoms. The Labute approximate surface area is 91.4 Å². The van der Waals surface area contributed by atoms with Crippen molar-refractivity contribution in [2.75, 3.05) is 7.05 Å². The van der Waals surface area contributed by atoms with Crippen LogP contribution in [0.2, 0.25) is 0 Å². The molecule has 0 aromatic carbocycles. The number of carboxylic acids is 1. The highest BCUT2D eigenvalue weighted by atomic mass is 16.4. The topological polar surface area (TPSA) is 104 Å². The van der Waals surface area contributed by atoms with E-state index in [4.69, 9.17) is 5.11 Å². The molecule has 1 aliphatic heterocycles. The van der Waals surface area contributed by atoms with E-state index in [0.717, 1.165) is 4.90 Å². The maximum absolute atomic E-state index is 11.4. The number of aliphatic carboxylic acids is 1. The van der Waals surface area contributed by atoms with E-state index in [-0.39, 0.29) is 25.2 Å². The fraction of sp³-hybridized carbons (Fsp3) is 0.556.